The van der Waals surface area contributed by atoms with Crippen LogP contribution in [0.15, 0.2) is 36.4 Å². The largest absolute Gasteiger partial charge is 0.390 e. The van der Waals surface area contributed by atoms with Crippen LogP contribution in [0.25, 0.3) is 10.9 Å². The first kappa shape index (κ1) is 29.9. The molecular weight excluding hydrogens is 542 g/mol. The summed E-state index contributed by atoms with van der Waals surface area (Å²) >= 11 is 0. The number of hydrogen-bond donors (Lipinski definition) is 4. The van der Waals surface area contributed by atoms with Crippen molar-refractivity contribution in [2.45, 2.75) is 57.7 Å². The topological polar surface area (TPSA) is 109 Å². The third-order valence-electron chi connectivity index (χ3n) is 9.55. The van der Waals surface area contributed by atoms with E-state index in [1.807, 2.05) is 26.0 Å². The van der Waals surface area contributed by atoms with E-state index in [-0.39, 0.29) is 11.9 Å². The van der Waals surface area contributed by atoms with Gasteiger partial charge in [0.15, 0.2) is 5.82 Å². The second-order valence-corrected chi connectivity index (χ2v) is 13.2. The Morgan fingerprint density at radius 1 is 1.02 bits per heavy atom. The van der Waals surface area contributed by atoms with Gasteiger partial charge in [0.25, 0.3) is 5.91 Å². The Bertz CT molecular complexity index is 1400. The number of fused-ring (bicyclic) bond motifs is 1. The molecule has 0 radical (unpaired) electrons. The lowest BCUT2D eigenvalue weighted by Gasteiger charge is -2.37. The van der Waals surface area contributed by atoms with E-state index in [4.69, 9.17) is 4.74 Å². The Kier molecular flexibility index (Phi) is 8.90. The van der Waals surface area contributed by atoms with Gasteiger partial charge in [0.1, 0.15) is 0 Å². The van der Waals surface area contributed by atoms with Gasteiger partial charge in [-0.05, 0) is 101 Å². The number of nitrogens with one attached hydrogen (secondary N) is 3. The van der Waals surface area contributed by atoms with Crippen LogP contribution in [-0.2, 0) is 11.3 Å². The molecule has 10 heteroatoms. The van der Waals surface area contributed by atoms with Crippen molar-refractivity contribution in [3.63, 3.8) is 0 Å². The Balaban J connectivity index is 1.18. The number of rotatable bonds is 8. The van der Waals surface area contributed by atoms with E-state index >= 15 is 0 Å². The van der Waals surface area contributed by atoms with Crippen LogP contribution in [0.5, 0.6) is 0 Å². The van der Waals surface area contributed by atoms with Crippen molar-refractivity contribution >= 4 is 34.0 Å². The van der Waals surface area contributed by atoms with Gasteiger partial charge in [-0.2, -0.15) is 5.10 Å². The van der Waals surface area contributed by atoms with Gasteiger partial charge in [-0.1, -0.05) is 6.07 Å². The van der Waals surface area contributed by atoms with Gasteiger partial charge in [0.2, 0.25) is 0 Å². The first-order chi connectivity index (χ1) is 20.7. The second kappa shape index (κ2) is 12.8. The lowest BCUT2D eigenvalue weighted by Crippen LogP contribution is -2.44. The molecule has 232 valence electrons. The molecule has 2 aromatic carbocycles. The lowest BCUT2D eigenvalue weighted by molar-refractivity contribution is -0.0136. The number of nitrogens with zero attached hydrogens (tertiary/aromatic N) is 4. The second-order valence-electron chi connectivity index (χ2n) is 13.2. The highest BCUT2D eigenvalue weighted by atomic mass is 16.5. The number of anilines is 3. The first-order valence-corrected chi connectivity index (χ1v) is 15.9. The number of likely N-dealkylation sites (N-methyl/N-ethyl adjacent to an activating group) is 1. The molecule has 1 amide bonds. The van der Waals surface area contributed by atoms with Crippen LogP contribution in [-0.4, -0.2) is 102 Å². The molecule has 0 saturated carbocycles. The molecule has 0 spiro atoms. The summed E-state index contributed by atoms with van der Waals surface area (Å²) in [5.74, 6) is 0.707. The van der Waals surface area contributed by atoms with Gasteiger partial charge >= 0.3 is 0 Å². The number of piperidine rings is 1. The number of carbonyl (C=O) groups excluding carboxylic acids is 1. The van der Waals surface area contributed by atoms with Crippen LogP contribution in [0, 0.1) is 5.92 Å². The lowest BCUT2D eigenvalue weighted by atomic mass is 9.83. The number of aliphatic hydroxyl groups is 1. The molecule has 4 heterocycles. The van der Waals surface area contributed by atoms with Gasteiger partial charge in [-0.3, -0.25) is 14.8 Å². The molecule has 3 aromatic rings. The molecule has 0 aliphatic carbocycles. The summed E-state index contributed by atoms with van der Waals surface area (Å²) in [5.41, 5.74) is 4.07. The van der Waals surface area contributed by atoms with Crippen LogP contribution in [0.3, 0.4) is 0 Å². The van der Waals surface area contributed by atoms with E-state index in [9.17, 15) is 9.90 Å². The highest BCUT2D eigenvalue weighted by molar-refractivity contribution is 6.11. The first-order valence-electron chi connectivity index (χ1n) is 15.9. The van der Waals surface area contributed by atoms with Crippen LogP contribution in [0.4, 0.5) is 17.2 Å². The Hall–Kier alpha value is -3.18. The average molecular weight is 590 g/mol. The third kappa shape index (κ3) is 7.15. The quantitative estimate of drug-likeness (QED) is 0.311. The molecule has 1 aromatic heterocycles. The molecule has 0 bridgehead atoms. The van der Waals surface area contributed by atoms with Crippen molar-refractivity contribution in [1.29, 1.82) is 0 Å². The van der Waals surface area contributed by atoms with Crippen LogP contribution in [0.1, 0.15) is 55.5 Å². The normalized spacial score (nSPS) is 20.0. The van der Waals surface area contributed by atoms with E-state index in [1.54, 1.807) is 0 Å². The maximum Gasteiger partial charge on any atom is 0.258 e. The molecule has 3 fully saturated rings. The van der Waals surface area contributed by atoms with E-state index < -0.39 is 5.60 Å². The minimum atomic E-state index is -0.625. The predicted molar refractivity (Wildman–Crippen MR) is 172 cm³/mol. The van der Waals surface area contributed by atoms with Crippen LogP contribution in [0.2, 0.25) is 0 Å². The summed E-state index contributed by atoms with van der Waals surface area (Å²) in [5, 5.41) is 25.7. The molecule has 43 heavy (non-hydrogen) atoms. The zero-order valence-electron chi connectivity index (χ0n) is 25.9. The number of H-pyrrole nitrogens is 1. The zero-order chi connectivity index (χ0) is 30.0. The molecule has 3 aliphatic rings. The molecular formula is C33H47N7O3. The van der Waals surface area contributed by atoms with E-state index in [1.165, 1.54) is 5.56 Å². The highest BCUT2D eigenvalue weighted by Gasteiger charge is 2.30. The van der Waals surface area contributed by atoms with Crippen molar-refractivity contribution in [2.75, 3.05) is 75.1 Å². The Labute approximate surface area is 254 Å². The molecule has 10 nitrogen and oxygen atoms in total. The zero-order valence-corrected chi connectivity index (χ0v) is 25.9. The number of aromatic nitrogens is 2. The number of aromatic amines is 1. The average Bonchev–Trinajstić information content (AvgIpc) is 3.39. The number of carbonyl (C=O) groups is 1. The molecule has 0 unspecified atom stereocenters. The maximum absolute atomic E-state index is 13.8. The molecule has 3 saturated heterocycles. The van der Waals surface area contributed by atoms with Gasteiger partial charge in [0, 0.05) is 68.7 Å². The summed E-state index contributed by atoms with van der Waals surface area (Å²) in [7, 11) is 2.16. The van der Waals surface area contributed by atoms with Crippen LogP contribution < -0.4 is 15.5 Å². The van der Waals surface area contributed by atoms with Crippen molar-refractivity contribution in [3.05, 3.63) is 47.5 Å². The summed E-state index contributed by atoms with van der Waals surface area (Å²) in [6.07, 6.45) is 3.83. The van der Waals surface area contributed by atoms with Crippen molar-refractivity contribution in [1.82, 2.24) is 20.0 Å². The SMILES string of the molecule is CN1CCN(c2ccc(C(=O)Nc3n[nH]c4ccc(CN5CCC(C(C)(C)O)CC5)cc34)c(NC3CCOCC3)c2)CC1. The summed E-state index contributed by atoms with van der Waals surface area (Å²) in [6, 6.07) is 12.7. The molecule has 6 rings (SSSR count). The monoisotopic (exact) mass is 589 g/mol. The van der Waals surface area contributed by atoms with Crippen molar-refractivity contribution in [2.24, 2.45) is 5.92 Å². The van der Waals surface area contributed by atoms with Gasteiger partial charge < -0.3 is 30.3 Å². The predicted octanol–water partition coefficient (Wildman–Crippen LogP) is 4.14. The number of ether oxygens (including phenoxy) is 1. The fourth-order valence-corrected chi connectivity index (χ4v) is 6.66. The smallest absolute Gasteiger partial charge is 0.258 e. The van der Waals surface area contributed by atoms with E-state index in [0.29, 0.717) is 17.3 Å². The van der Waals surface area contributed by atoms with Crippen molar-refractivity contribution in [3.8, 4) is 0 Å². The van der Waals surface area contributed by atoms with Crippen molar-refractivity contribution < 1.29 is 14.6 Å². The molecule has 3 aliphatic heterocycles. The highest BCUT2D eigenvalue weighted by Crippen LogP contribution is 2.31. The Morgan fingerprint density at radius 2 is 1.77 bits per heavy atom. The standard InChI is InChI=1S/C33H47N7O3/c1-33(2,42)24-8-12-39(13-9-24)22-23-4-7-29-28(20-23)31(37-36-29)35-32(41)27-6-5-26(40-16-14-38(3)15-17-40)21-30(27)34-25-10-18-43-19-11-25/h4-7,20-21,24-25,34,42H,8-19,22H2,1-3H3,(H2,35,36,37,41). The van der Waals surface area contributed by atoms with E-state index in [2.05, 4.69) is 66.8 Å². The minimum Gasteiger partial charge on any atom is -0.390 e. The fourth-order valence-electron chi connectivity index (χ4n) is 6.66. The summed E-state index contributed by atoms with van der Waals surface area (Å²) < 4.78 is 5.57. The Morgan fingerprint density at radius 3 is 2.49 bits per heavy atom. The maximum atomic E-state index is 13.8. The summed E-state index contributed by atoms with van der Waals surface area (Å²) in [4.78, 5) is 21.0. The number of amides is 1. The number of likely N-dealkylation sites (tertiary alicyclic amines) is 1. The van der Waals surface area contributed by atoms with Gasteiger partial charge in [0.05, 0.1) is 16.7 Å². The molecule has 4 N–H and O–H groups in total. The third-order valence-corrected chi connectivity index (χ3v) is 9.55. The fraction of sp³-hybridized carbons (Fsp3) is 0.576. The van der Waals surface area contributed by atoms with Crippen LogP contribution >= 0.6 is 0 Å². The number of benzene rings is 2. The summed E-state index contributed by atoms with van der Waals surface area (Å²) in [6.45, 7) is 12.1. The molecule has 0 atom stereocenters. The minimum absolute atomic E-state index is 0.174. The number of hydrogen-bond acceptors (Lipinski definition) is 8. The van der Waals surface area contributed by atoms with Gasteiger partial charge in [-0.15, -0.1) is 0 Å². The van der Waals surface area contributed by atoms with Gasteiger partial charge in [-0.25, -0.2) is 0 Å². The van der Waals surface area contributed by atoms with E-state index in [0.717, 1.165) is 107 Å². The number of piperazine rings is 1.